The van der Waals surface area contributed by atoms with E-state index < -0.39 is 11.6 Å². The quantitative estimate of drug-likeness (QED) is 0.735. The molecule has 2 aromatic carbocycles. The number of halogens is 2. The van der Waals surface area contributed by atoms with Gasteiger partial charge in [-0.25, -0.2) is 13.5 Å². The number of para-hydroxylation sites is 1. The maximum atomic E-state index is 14.4. The smallest absolute Gasteiger partial charge is 0.151 e. The molecule has 1 saturated heterocycles. The molecule has 1 N–H and O–H groups in total. The Hall–Kier alpha value is -3.19. The lowest BCUT2D eigenvalue weighted by Crippen LogP contribution is -2.36. The van der Waals surface area contributed by atoms with Crippen molar-refractivity contribution in [3.8, 4) is 16.9 Å². The maximum Gasteiger partial charge on any atom is 0.151 e. The zero-order valence-corrected chi connectivity index (χ0v) is 15.7. The number of anilines is 1. The SMILES string of the molecule is Fc1cccc(F)c1-n1nc(-c2ccc(N3CCOCC3)cc2)c2c1C=CNC2. The van der Waals surface area contributed by atoms with E-state index in [0.717, 1.165) is 43.1 Å². The molecule has 0 atom stereocenters. The van der Waals surface area contributed by atoms with Crippen molar-refractivity contribution in [2.45, 2.75) is 6.54 Å². The minimum absolute atomic E-state index is 0.161. The number of aromatic nitrogens is 2. The lowest BCUT2D eigenvalue weighted by Gasteiger charge is -2.28. The normalized spacial score (nSPS) is 15.9. The molecule has 0 saturated carbocycles. The fraction of sp³-hybridized carbons (Fsp3) is 0.227. The van der Waals surface area contributed by atoms with E-state index in [1.54, 1.807) is 12.3 Å². The van der Waals surface area contributed by atoms with Crippen LogP contribution in [0.2, 0.25) is 0 Å². The van der Waals surface area contributed by atoms with Gasteiger partial charge in [-0.3, -0.25) is 0 Å². The molecule has 7 heteroatoms. The Kier molecular flexibility index (Phi) is 4.52. The summed E-state index contributed by atoms with van der Waals surface area (Å²) in [6, 6.07) is 12.0. The molecule has 3 heterocycles. The topological polar surface area (TPSA) is 42.3 Å². The molecule has 5 rings (SSSR count). The molecule has 0 spiro atoms. The highest BCUT2D eigenvalue weighted by atomic mass is 19.1. The number of ether oxygens (including phenoxy) is 1. The molecule has 148 valence electrons. The van der Waals surface area contributed by atoms with Gasteiger partial charge in [0.2, 0.25) is 0 Å². The third kappa shape index (κ3) is 3.17. The Morgan fingerprint density at radius 3 is 2.41 bits per heavy atom. The van der Waals surface area contributed by atoms with Crippen molar-refractivity contribution >= 4 is 11.8 Å². The number of benzene rings is 2. The summed E-state index contributed by atoms with van der Waals surface area (Å²) < 4.78 is 35.6. The third-order valence-electron chi connectivity index (χ3n) is 5.33. The van der Waals surface area contributed by atoms with Gasteiger partial charge in [0.05, 0.1) is 24.6 Å². The first-order valence-corrected chi connectivity index (χ1v) is 9.62. The fourth-order valence-electron chi connectivity index (χ4n) is 3.85. The van der Waals surface area contributed by atoms with E-state index in [-0.39, 0.29) is 5.69 Å². The molecule has 0 aliphatic carbocycles. The molecule has 3 aromatic rings. The number of hydrogen-bond donors (Lipinski definition) is 1. The Bertz CT molecular complexity index is 1050. The van der Waals surface area contributed by atoms with E-state index in [4.69, 9.17) is 4.74 Å². The Balaban J connectivity index is 1.58. The van der Waals surface area contributed by atoms with Gasteiger partial charge in [0.1, 0.15) is 5.69 Å². The summed E-state index contributed by atoms with van der Waals surface area (Å²) in [6.07, 6.45) is 3.56. The van der Waals surface area contributed by atoms with Gasteiger partial charge in [-0.15, -0.1) is 0 Å². The Morgan fingerprint density at radius 1 is 0.966 bits per heavy atom. The van der Waals surface area contributed by atoms with E-state index in [1.165, 1.54) is 22.9 Å². The van der Waals surface area contributed by atoms with Gasteiger partial charge in [0.15, 0.2) is 11.6 Å². The third-order valence-corrected chi connectivity index (χ3v) is 5.33. The van der Waals surface area contributed by atoms with Crippen molar-refractivity contribution in [2.75, 3.05) is 31.2 Å². The molecule has 0 amide bonds. The van der Waals surface area contributed by atoms with Crippen molar-refractivity contribution in [1.29, 1.82) is 0 Å². The minimum Gasteiger partial charge on any atom is -0.387 e. The van der Waals surface area contributed by atoms with E-state index in [1.807, 2.05) is 12.1 Å². The zero-order valence-electron chi connectivity index (χ0n) is 15.7. The number of morpholine rings is 1. The van der Waals surface area contributed by atoms with Crippen LogP contribution in [0.4, 0.5) is 14.5 Å². The number of nitrogens with zero attached hydrogens (tertiary/aromatic N) is 3. The van der Waals surface area contributed by atoms with Crippen LogP contribution in [-0.2, 0) is 11.3 Å². The number of fused-ring (bicyclic) bond motifs is 1. The van der Waals surface area contributed by atoms with Crippen molar-refractivity contribution in [3.63, 3.8) is 0 Å². The lowest BCUT2D eigenvalue weighted by atomic mass is 10.0. The van der Waals surface area contributed by atoms with Gasteiger partial charge in [-0.2, -0.15) is 5.10 Å². The second-order valence-corrected chi connectivity index (χ2v) is 7.05. The molecule has 2 aliphatic heterocycles. The monoisotopic (exact) mass is 394 g/mol. The average molecular weight is 394 g/mol. The van der Waals surface area contributed by atoms with Crippen molar-refractivity contribution < 1.29 is 13.5 Å². The van der Waals surface area contributed by atoms with Crippen molar-refractivity contribution in [3.05, 3.63) is 71.6 Å². The summed E-state index contributed by atoms with van der Waals surface area (Å²) in [5, 5.41) is 7.77. The summed E-state index contributed by atoms with van der Waals surface area (Å²) in [5.41, 5.74) is 4.18. The van der Waals surface area contributed by atoms with E-state index in [2.05, 4.69) is 27.4 Å². The van der Waals surface area contributed by atoms with Gasteiger partial charge >= 0.3 is 0 Å². The van der Waals surface area contributed by atoms with E-state index in [9.17, 15) is 8.78 Å². The summed E-state index contributed by atoms with van der Waals surface area (Å²) in [6.45, 7) is 3.73. The summed E-state index contributed by atoms with van der Waals surface area (Å²) >= 11 is 0. The van der Waals surface area contributed by atoms with Crippen LogP contribution in [0.1, 0.15) is 11.3 Å². The van der Waals surface area contributed by atoms with Crippen LogP contribution < -0.4 is 10.2 Å². The maximum absolute atomic E-state index is 14.4. The molecular weight excluding hydrogens is 374 g/mol. The van der Waals surface area contributed by atoms with Crippen LogP contribution in [0.3, 0.4) is 0 Å². The van der Waals surface area contributed by atoms with Gasteiger partial charge in [-0.05, 0) is 36.5 Å². The fourth-order valence-corrected chi connectivity index (χ4v) is 3.85. The lowest BCUT2D eigenvalue weighted by molar-refractivity contribution is 0.122. The predicted molar refractivity (Wildman–Crippen MR) is 108 cm³/mol. The zero-order chi connectivity index (χ0) is 19.8. The molecule has 5 nitrogen and oxygen atoms in total. The highest BCUT2D eigenvalue weighted by Crippen LogP contribution is 2.32. The van der Waals surface area contributed by atoms with Gasteiger partial charge in [0.25, 0.3) is 0 Å². The van der Waals surface area contributed by atoms with Crippen LogP contribution in [0, 0.1) is 11.6 Å². The Labute approximate surface area is 167 Å². The van der Waals surface area contributed by atoms with Gasteiger partial charge in [-0.1, -0.05) is 18.2 Å². The molecule has 1 fully saturated rings. The van der Waals surface area contributed by atoms with Crippen molar-refractivity contribution in [2.24, 2.45) is 0 Å². The Morgan fingerprint density at radius 2 is 1.69 bits per heavy atom. The molecule has 2 aliphatic rings. The van der Waals surface area contributed by atoms with E-state index >= 15 is 0 Å². The average Bonchev–Trinajstić information content (AvgIpc) is 3.14. The van der Waals surface area contributed by atoms with Crippen LogP contribution in [-0.4, -0.2) is 36.1 Å². The molecule has 0 bridgehead atoms. The number of nitrogens with one attached hydrogen (secondary N) is 1. The van der Waals surface area contributed by atoms with Crippen LogP contribution in [0.5, 0.6) is 0 Å². The molecular formula is C22H20F2N4O. The van der Waals surface area contributed by atoms with Crippen LogP contribution >= 0.6 is 0 Å². The second kappa shape index (κ2) is 7.33. The van der Waals surface area contributed by atoms with Crippen LogP contribution in [0.15, 0.2) is 48.7 Å². The van der Waals surface area contributed by atoms with Crippen LogP contribution in [0.25, 0.3) is 23.0 Å². The van der Waals surface area contributed by atoms with Gasteiger partial charge < -0.3 is 15.0 Å². The number of rotatable bonds is 3. The standard InChI is InChI=1S/C22H20F2N4O/c23-18-2-1-3-19(24)22(18)28-20-8-9-25-14-17(20)21(26-28)15-4-6-16(7-5-15)27-10-12-29-13-11-27/h1-9,25H,10-14H2. The van der Waals surface area contributed by atoms with E-state index in [0.29, 0.717) is 17.9 Å². The summed E-state index contributed by atoms with van der Waals surface area (Å²) in [5.74, 6) is -1.28. The predicted octanol–water partition coefficient (Wildman–Crippen LogP) is 3.73. The minimum atomic E-state index is -0.642. The first-order chi connectivity index (χ1) is 14.2. The molecule has 0 radical (unpaired) electrons. The first-order valence-electron chi connectivity index (χ1n) is 9.62. The molecule has 1 aromatic heterocycles. The van der Waals surface area contributed by atoms with Crippen molar-refractivity contribution in [1.82, 2.24) is 15.1 Å². The summed E-state index contributed by atoms with van der Waals surface area (Å²) in [4.78, 5) is 2.28. The van der Waals surface area contributed by atoms with Gasteiger partial charge in [0, 0.05) is 36.4 Å². The first kappa shape index (κ1) is 17.9. The summed E-state index contributed by atoms with van der Waals surface area (Å²) in [7, 11) is 0. The number of hydrogen-bond acceptors (Lipinski definition) is 4. The highest BCUT2D eigenvalue weighted by molar-refractivity contribution is 5.72. The molecule has 29 heavy (non-hydrogen) atoms. The highest BCUT2D eigenvalue weighted by Gasteiger charge is 2.23. The second-order valence-electron chi connectivity index (χ2n) is 7.05. The largest absolute Gasteiger partial charge is 0.387 e. The molecule has 0 unspecified atom stereocenters.